The van der Waals surface area contributed by atoms with Crippen molar-refractivity contribution in [2.24, 2.45) is 12.0 Å². The predicted molar refractivity (Wildman–Crippen MR) is 102 cm³/mol. The van der Waals surface area contributed by atoms with Gasteiger partial charge in [0.1, 0.15) is 5.75 Å². The first kappa shape index (κ1) is 18.8. The Kier molecular flexibility index (Phi) is 6.07. The van der Waals surface area contributed by atoms with Gasteiger partial charge in [0, 0.05) is 37.5 Å². The first-order valence-corrected chi connectivity index (χ1v) is 8.48. The molecule has 1 heterocycles. The normalized spacial score (nSPS) is 12.8. The molecule has 0 bridgehead atoms. The lowest BCUT2D eigenvalue weighted by Gasteiger charge is -2.20. The highest BCUT2D eigenvalue weighted by atomic mass is 16.5. The van der Waals surface area contributed by atoms with Crippen molar-refractivity contribution in [2.75, 3.05) is 14.2 Å². The maximum atomic E-state index is 5.49. The summed E-state index contributed by atoms with van der Waals surface area (Å²) in [7, 11) is 5.44. The molecule has 0 fully saturated rings. The summed E-state index contributed by atoms with van der Waals surface area (Å²) in [4.78, 5) is 4.34. The largest absolute Gasteiger partial charge is 0.496 e. The summed E-state index contributed by atoms with van der Waals surface area (Å²) in [5.41, 5.74) is 5.71. The maximum Gasteiger partial charge on any atom is 0.191 e. The van der Waals surface area contributed by atoms with Gasteiger partial charge in [-0.15, -0.1) is 0 Å². The molecular weight excluding hydrogens is 314 g/mol. The average molecular weight is 343 g/mol. The van der Waals surface area contributed by atoms with Gasteiger partial charge in [-0.05, 0) is 33.8 Å². The van der Waals surface area contributed by atoms with E-state index in [1.54, 1.807) is 14.2 Å². The van der Waals surface area contributed by atoms with Crippen molar-refractivity contribution in [2.45, 2.75) is 40.3 Å². The van der Waals surface area contributed by atoms with Gasteiger partial charge in [0.05, 0.1) is 18.8 Å². The zero-order valence-electron chi connectivity index (χ0n) is 16.3. The van der Waals surface area contributed by atoms with Gasteiger partial charge in [-0.3, -0.25) is 9.67 Å². The smallest absolute Gasteiger partial charge is 0.191 e. The Balaban J connectivity index is 2.08. The van der Waals surface area contributed by atoms with Crippen molar-refractivity contribution < 1.29 is 4.74 Å². The molecule has 1 atom stereocenters. The van der Waals surface area contributed by atoms with E-state index >= 15 is 0 Å². The number of benzene rings is 1. The Morgan fingerprint density at radius 3 is 2.60 bits per heavy atom. The molecule has 25 heavy (non-hydrogen) atoms. The van der Waals surface area contributed by atoms with Crippen LogP contribution in [0.25, 0.3) is 0 Å². The summed E-state index contributed by atoms with van der Waals surface area (Å²) in [5, 5.41) is 11.3. The number of aryl methyl sites for hydroxylation is 3. The minimum absolute atomic E-state index is 0.0668. The minimum Gasteiger partial charge on any atom is -0.496 e. The highest BCUT2D eigenvalue weighted by Crippen LogP contribution is 2.26. The van der Waals surface area contributed by atoms with Crippen LogP contribution in [0.15, 0.2) is 23.2 Å². The second-order valence-corrected chi connectivity index (χ2v) is 6.31. The Hall–Kier alpha value is -2.50. The molecule has 0 spiro atoms. The van der Waals surface area contributed by atoms with Crippen molar-refractivity contribution in [3.05, 3.63) is 46.3 Å². The molecule has 2 rings (SSSR count). The molecule has 136 valence electrons. The second kappa shape index (κ2) is 8.05. The van der Waals surface area contributed by atoms with E-state index in [4.69, 9.17) is 4.74 Å². The van der Waals surface area contributed by atoms with Gasteiger partial charge in [-0.2, -0.15) is 5.10 Å². The summed E-state index contributed by atoms with van der Waals surface area (Å²) in [6.45, 7) is 8.97. The van der Waals surface area contributed by atoms with E-state index in [0.29, 0.717) is 6.54 Å². The van der Waals surface area contributed by atoms with Crippen molar-refractivity contribution >= 4 is 5.96 Å². The quantitative estimate of drug-likeness (QED) is 0.647. The number of hydrogen-bond acceptors (Lipinski definition) is 3. The zero-order valence-corrected chi connectivity index (χ0v) is 16.3. The Labute approximate surface area is 150 Å². The van der Waals surface area contributed by atoms with Crippen molar-refractivity contribution in [3.8, 4) is 5.75 Å². The number of rotatable bonds is 5. The number of hydrogen-bond donors (Lipinski definition) is 2. The van der Waals surface area contributed by atoms with Gasteiger partial charge >= 0.3 is 0 Å². The standard InChI is InChI=1S/C19H29N5O/c1-12-8-9-18(25-7)16(10-12)13(2)22-19(20-5)21-11-17-14(3)23-24(6)15(17)4/h8-10,13H,11H2,1-7H3,(H2,20,21,22). The number of aliphatic imine (C=N–C) groups is 1. The minimum atomic E-state index is 0.0668. The highest BCUT2D eigenvalue weighted by Gasteiger charge is 2.14. The van der Waals surface area contributed by atoms with E-state index in [1.165, 1.54) is 11.1 Å². The summed E-state index contributed by atoms with van der Waals surface area (Å²) < 4.78 is 7.39. The van der Waals surface area contributed by atoms with Crippen molar-refractivity contribution in [1.82, 2.24) is 20.4 Å². The van der Waals surface area contributed by atoms with Crippen LogP contribution in [0.5, 0.6) is 5.75 Å². The number of guanidine groups is 1. The van der Waals surface area contributed by atoms with Gasteiger partial charge in [0.2, 0.25) is 0 Å². The number of nitrogens with zero attached hydrogens (tertiary/aromatic N) is 3. The van der Waals surface area contributed by atoms with E-state index in [2.05, 4.69) is 53.6 Å². The molecular formula is C19H29N5O. The number of ether oxygens (including phenoxy) is 1. The first-order chi connectivity index (χ1) is 11.9. The third kappa shape index (κ3) is 4.32. The third-order valence-corrected chi connectivity index (χ3v) is 4.52. The van der Waals surface area contributed by atoms with Crippen LogP contribution in [-0.4, -0.2) is 29.9 Å². The maximum absolute atomic E-state index is 5.49. The van der Waals surface area contributed by atoms with Gasteiger partial charge < -0.3 is 15.4 Å². The van der Waals surface area contributed by atoms with Gasteiger partial charge in [-0.1, -0.05) is 17.7 Å². The van der Waals surface area contributed by atoms with E-state index in [-0.39, 0.29) is 6.04 Å². The lowest BCUT2D eigenvalue weighted by atomic mass is 10.0. The fraction of sp³-hybridized carbons (Fsp3) is 0.474. The van der Waals surface area contributed by atoms with Crippen LogP contribution in [0.1, 0.15) is 41.0 Å². The van der Waals surface area contributed by atoms with Crippen LogP contribution in [0, 0.1) is 20.8 Å². The van der Waals surface area contributed by atoms with E-state index in [0.717, 1.165) is 28.7 Å². The molecule has 1 aromatic carbocycles. The Morgan fingerprint density at radius 1 is 1.32 bits per heavy atom. The molecule has 6 heteroatoms. The van der Waals surface area contributed by atoms with Gasteiger partial charge in [0.25, 0.3) is 0 Å². The molecule has 0 aliphatic carbocycles. The van der Waals surface area contributed by atoms with Crippen LogP contribution in [0.3, 0.4) is 0 Å². The van der Waals surface area contributed by atoms with E-state index in [1.807, 2.05) is 24.7 Å². The van der Waals surface area contributed by atoms with Crippen LogP contribution in [0.2, 0.25) is 0 Å². The Morgan fingerprint density at radius 2 is 2.04 bits per heavy atom. The number of methoxy groups -OCH3 is 1. The Bertz CT molecular complexity index is 763. The molecule has 0 saturated heterocycles. The summed E-state index contributed by atoms with van der Waals surface area (Å²) in [6, 6.07) is 6.26. The van der Waals surface area contributed by atoms with Crippen molar-refractivity contribution in [3.63, 3.8) is 0 Å². The van der Waals surface area contributed by atoms with Crippen LogP contribution in [-0.2, 0) is 13.6 Å². The van der Waals surface area contributed by atoms with E-state index < -0.39 is 0 Å². The zero-order chi connectivity index (χ0) is 18.6. The van der Waals surface area contributed by atoms with Crippen LogP contribution < -0.4 is 15.4 Å². The summed E-state index contributed by atoms with van der Waals surface area (Å²) >= 11 is 0. The molecule has 0 radical (unpaired) electrons. The molecule has 1 unspecified atom stereocenters. The van der Waals surface area contributed by atoms with Crippen LogP contribution in [0.4, 0.5) is 0 Å². The number of aromatic nitrogens is 2. The highest BCUT2D eigenvalue weighted by molar-refractivity contribution is 5.80. The number of nitrogens with one attached hydrogen (secondary N) is 2. The predicted octanol–water partition coefficient (Wildman–Crippen LogP) is 2.78. The molecule has 0 aliphatic rings. The molecule has 0 amide bonds. The summed E-state index contributed by atoms with van der Waals surface area (Å²) in [5.74, 6) is 1.62. The molecule has 6 nitrogen and oxygen atoms in total. The van der Waals surface area contributed by atoms with Crippen LogP contribution >= 0.6 is 0 Å². The fourth-order valence-electron chi connectivity index (χ4n) is 2.92. The van der Waals surface area contributed by atoms with Gasteiger partial charge in [-0.25, -0.2) is 0 Å². The molecule has 2 N–H and O–H groups in total. The molecule has 0 aliphatic heterocycles. The lowest BCUT2D eigenvalue weighted by molar-refractivity contribution is 0.405. The molecule has 2 aromatic rings. The van der Waals surface area contributed by atoms with E-state index in [9.17, 15) is 0 Å². The lowest BCUT2D eigenvalue weighted by Crippen LogP contribution is -2.38. The van der Waals surface area contributed by atoms with Crippen molar-refractivity contribution in [1.29, 1.82) is 0 Å². The molecule has 0 saturated carbocycles. The third-order valence-electron chi connectivity index (χ3n) is 4.52. The average Bonchev–Trinajstić information content (AvgIpc) is 2.83. The van der Waals surface area contributed by atoms with Gasteiger partial charge in [0.15, 0.2) is 5.96 Å². The topological polar surface area (TPSA) is 63.5 Å². The molecule has 1 aromatic heterocycles. The monoisotopic (exact) mass is 343 g/mol. The SMILES string of the molecule is CN=C(NCc1c(C)nn(C)c1C)NC(C)c1cc(C)ccc1OC. The summed E-state index contributed by atoms with van der Waals surface area (Å²) in [6.07, 6.45) is 0. The first-order valence-electron chi connectivity index (χ1n) is 8.48. The second-order valence-electron chi connectivity index (χ2n) is 6.31. The fourth-order valence-corrected chi connectivity index (χ4v) is 2.92.